The molecule has 2 aromatic rings. The molecule has 22 heavy (non-hydrogen) atoms. The summed E-state index contributed by atoms with van der Waals surface area (Å²) in [6.45, 7) is 3.92. The van der Waals surface area contributed by atoms with Crippen molar-refractivity contribution in [3.63, 3.8) is 0 Å². The Balaban J connectivity index is 0.00000242. The molecule has 1 heterocycles. The summed E-state index contributed by atoms with van der Waals surface area (Å²) in [5, 5.41) is 7.23. The first-order valence-corrected chi connectivity index (χ1v) is 8.42. The van der Waals surface area contributed by atoms with E-state index in [-0.39, 0.29) is 17.3 Å². The number of halogens is 1. The summed E-state index contributed by atoms with van der Waals surface area (Å²) in [4.78, 5) is 0.168. The molecule has 0 amide bonds. The minimum Gasteiger partial charge on any atom is -0.315 e. The van der Waals surface area contributed by atoms with E-state index in [0.717, 1.165) is 18.7 Å². The summed E-state index contributed by atoms with van der Waals surface area (Å²) >= 11 is 0. The lowest BCUT2D eigenvalue weighted by Crippen LogP contribution is -2.32. The predicted molar refractivity (Wildman–Crippen MR) is 89.2 cm³/mol. The first kappa shape index (κ1) is 18.6. The van der Waals surface area contributed by atoms with E-state index in [0.29, 0.717) is 13.1 Å². The topological polar surface area (TPSA) is 76.0 Å². The summed E-state index contributed by atoms with van der Waals surface area (Å²) in [6, 6.07) is 9.39. The van der Waals surface area contributed by atoms with Crippen molar-refractivity contribution in [2.24, 2.45) is 0 Å². The van der Waals surface area contributed by atoms with Gasteiger partial charge >= 0.3 is 0 Å². The maximum Gasteiger partial charge on any atom is 0.243 e. The van der Waals surface area contributed by atoms with E-state index in [1.54, 1.807) is 4.68 Å². The number of hydrogen-bond donors (Lipinski definition) is 2. The van der Waals surface area contributed by atoms with Crippen molar-refractivity contribution < 1.29 is 8.42 Å². The van der Waals surface area contributed by atoms with Gasteiger partial charge in [-0.3, -0.25) is 0 Å². The molecule has 8 heteroatoms. The fraction of sp³-hybridized carbons (Fsp3) is 0.357. The molecule has 0 fully saturated rings. The molecule has 0 aliphatic carbocycles. The molecular formula is C14H21ClN4O2S. The molecule has 0 atom stereocenters. The molecule has 0 aliphatic heterocycles. The van der Waals surface area contributed by atoms with Gasteiger partial charge in [-0.15, -0.1) is 12.4 Å². The lowest BCUT2D eigenvalue weighted by Gasteiger charge is -2.05. The number of nitrogens with zero attached hydrogens (tertiary/aromatic N) is 2. The fourth-order valence-electron chi connectivity index (χ4n) is 1.83. The highest BCUT2D eigenvalue weighted by atomic mass is 35.5. The van der Waals surface area contributed by atoms with Crippen molar-refractivity contribution in [3.8, 4) is 5.69 Å². The first-order valence-electron chi connectivity index (χ1n) is 6.94. The molecule has 1 aromatic carbocycles. The van der Waals surface area contributed by atoms with E-state index >= 15 is 0 Å². The van der Waals surface area contributed by atoms with E-state index in [4.69, 9.17) is 0 Å². The highest BCUT2D eigenvalue weighted by Crippen LogP contribution is 2.11. The van der Waals surface area contributed by atoms with Gasteiger partial charge in [0.05, 0.1) is 18.1 Å². The Hall–Kier alpha value is -1.41. The van der Waals surface area contributed by atoms with Gasteiger partial charge in [0.25, 0.3) is 0 Å². The van der Waals surface area contributed by atoms with Gasteiger partial charge in [-0.2, -0.15) is 5.10 Å². The number of benzene rings is 1. The van der Waals surface area contributed by atoms with Crippen LogP contribution in [0.1, 0.15) is 13.3 Å². The quantitative estimate of drug-likeness (QED) is 0.713. The largest absolute Gasteiger partial charge is 0.315 e. The van der Waals surface area contributed by atoms with Gasteiger partial charge in [0.2, 0.25) is 10.0 Å². The highest BCUT2D eigenvalue weighted by Gasteiger charge is 2.16. The SMILES string of the molecule is CCCNCCNS(=O)(=O)c1cnn(-c2ccccc2)c1.Cl. The van der Waals surface area contributed by atoms with Crippen molar-refractivity contribution >= 4 is 22.4 Å². The van der Waals surface area contributed by atoms with Crippen molar-refractivity contribution in [3.05, 3.63) is 42.7 Å². The second kappa shape index (κ2) is 8.89. The van der Waals surface area contributed by atoms with Crippen LogP contribution in [0.3, 0.4) is 0 Å². The van der Waals surface area contributed by atoms with Crippen molar-refractivity contribution in [1.29, 1.82) is 0 Å². The average molecular weight is 345 g/mol. The standard InChI is InChI=1S/C14H20N4O2S.ClH/c1-2-8-15-9-10-17-21(19,20)14-11-16-18(12-14)13-6-4-3-5-7-13;/h3-7,11-12,15,17H,2,8-10H2,1H3;1H. The van der Waals surface area contributed by atoms with E-state index in [2.05, 4.69) is 22.1 Å². The number of para-hydroxylation sites is 1. The molecule has 0 unspecified atom stereocenters. The zero-order valence-electron chi connectivity index (χ0n) is 12.4. The Morgan fingerprint density at radius 1 is 1.14 bits per heavy atom. The zero-order chi connectivity index (χ0) is 15.1. The van der Waals surface area contributed by atoms with Gasteiger partial charge in [0.1, 0.15) is 4.90 Å². The molecule has 2 N–H and O–H groups in total. The van der Waals surface area contributed by atoms with E-state index in [1.165, 1.54) is 12.4 Å². The molecule has 0 aliphatic rings. The van der Waals surface area contributed by atoms with Crippen LogP contribution < -0.4 is 10.0 Å². The van der Waals surface area contributed by atoms with Crippen LogP contribution in [0.15, 0.2) is 47.6 Å². The van der Waals surface area contributed by atoms with Gasteiger partial charge in [-0.25, -0.2) is 17.8 Å². The number of aromatic nitrogens is 2. The van der Waals surface area contributed by atoms with Gasteiger partial charge in [0.15, 0.2) is 0 Å². The van der Waals surface area contributed by atoms with E-state index in [9.17, 15) is 8.42 Å². The number of hydrogen-bond acceptors (Lipinski definition) is 4. The van der Waals surface area contributed by atoms with E-state index < -0.39 is 10.0 Å². The van der Waals surface area contributed by atoms with Gasteiger partial charge in [-0.1, -0.05) is 25.1 Å². The fourth-order valence-corrected chi connectivity index (χ4v) is 2.79. The molecular weight excluding hydrogens is 324 g/mol. The van der Waals surface area contributed by atoms with Crippen LogP contribution >= 0.6 is 12.4 Å². The van der Waals surface area contributed by atoms with Crippen LogP contribution in [0.2, 0.25) is 0 Å². The van der Waals surface area contributed by atoms with Crippen molar-refractivity contribution in [1.82, 2.24) is 19.8 Å². The second-order valence-corrected chi connectivity index (χ2v) is 6.37. The highest BCUT2D eigenvalue weighted by molar-refractivity contribution is 7.89. The van der Waals surface area contributed by atoms with Crippen LogP contribution in [-0.4, -0.2) is 37.8 Å². The molecule has 0 saturated heterocycles. The minimum atomic E-state index is -3.51. The van der Waals surface area contributed by atoms with Crippen LogP contribution in [0.25, 0.3) is 5.69 Å². The summed E-state index contributed by atoms with van der Waals surface area (Å²) in [5.74, 6) is 0. The Labute approximate surface area is 137 Å². The summed E-state index contributed by atoms with van der Waals surface area (Å²) in [5.41, 5.74) is 0.823. The first-order chi connectivity index (χ1) is 10.1. The van der Waals surface area contributed by atoms with Crippen molar-refractivity contribution in [2.75, 3.05) is 19.6 Å². The lowest BCUT2D eigenvalue weighted by molar-refractivity contribution is 0.575. The van der Waals surface area contributed by atoms with Gasteiger partial charge in [-0.05, 0) is 25.1 Å². The third-order valence-corrected chi connectivity index (χ3v) is 4.33. The minimum absolute atomic E-state index is 0. The molecule has 2 rings (SSSR count). The van der Waals surface area contributed by atoms with Crippen LogP contribution in [0.5, 0.6) is 0 Å². The maximum absolute atomic E-state index is 12.1. The Morgan fingerprint density at radius 2 is 1.86 bits per heavy atom. The van der Waals surface area contributed by atoms with Crippen LogP contribution in [0.4, 0.5) is 0 Å². The Kier molecular flexibility index (Phi) is 7.53. The van der Waals surface area contributed by atoms with E-state index in [1.807, 2.05) is 30.3 Å². The Bertz CT molecular complexity index is 658. The molecule has 0 saturated carbocycles. The Morgan fingerprint density at radius 3 is 2.55 bits per heavy atom. The summed E-state index contributed by atoms with van der Waals surface area (Å²) in [7, 11) is -3.51. The maximum atomic E-state index is 12.1. The smallest absolute Gasteiger partial charge is 0.243 e. The molecule has 1 aromatic heterocycles. The third-order valence-electron chi connectivity index (χ3n) is 2.91. The van der Waals surface area contributed by atoms with Crippen molar-refractivity contribution in [2.45, 2.75) is 18.2 Å². The number of nitrogens with one attached hydrogen (secondary N) is 2. The molecule has 122 valence electrons. The van der Waals surface area contributed by atoms with Crippen LogP contribution in [-0.2, 0) is 10.0 Å². The average Bonchev–Trinajstić information content (AvgIpc) is 2.99. The molecule has 6 nitrogen and oxygen atoms in total. The van der Waals surface area contributed by atoms with Gasteiger partial charge < -0.3 is 5.32 Å². The normalized spacial score (nSPS) is 11.1. The predicted octanol–water partition coefficient (Wildman–Crippen LogP) is 1.57. The second-order valence-electron chi connectivity index (χ2n) is 4.60. The summed E-state index contributed by atoms with van der Waals surface area (Å²) < 4.78 is 28.3. The van der Waals surface area contributed by atoms with Crippen LogP contribution in [0, 0.1) is 0 Å². The molecule has 0 bridgehead atoms. The third kappa shape index (κ3) is 5.10. The zero-order valence-corrected chi connectivity index (χ0v) is 14.0. The monoisotopic (exact) mass is 344 g/mol. The number of sulfonamides is 1. The number of rotatable bonds is 8. The summed E-state index contributed by atoms with van der Waals surface area (Å²) in [6.07, 6.45) is 3.89. The molecule has 0 spiro atoms. The van der Waals surface area contributed by atoms with Gasteiger partial charge in [0, 0.05) is 13.1 Å². The lowest BCUT2D eigenvalue weighted by atomic mass is 10.3. The molecule has 0 radical (unpaired) electrons.